The van der Waals surface area contributed by atoms with Crippen molar-refractivity contribution in [1.29, 1.82) is 0 Å². The van der Waals surface area contributed by atoms with Gasteiger partial charge in [-0.2, -0.15) is 0 Å². The van der Waals surface area contributed by atoms with Crippen LogP contribution >= 0.6 is 0 Å². The van der Waals surface area contributed by atoms with Crippen LogP contribution in [0.2, 0.25) is 0 Å². The van der Waals surface area contributed by atoms with E-state index in [-0.39, 0.29) is 18.4 Å². The van der Waals surface area contributed by atoms with E-state index in [1.54, 1.807) is 19.2 Å². The second-order valence-corrected chi connectivity index (χ2v) is 7.61. The minimum Gasteiger partial charge on any atom is -0.464 e. The highest BCUT2D eigenvalue weighted by atomic mass is 19.1. The number of rotatable bonds is 3. The van der Waals surface area contributed by atoms with Crippen LogP contribution in [0.5, 0.6) is 0 Å². The first kappa shape index (κ1) is 18.8. The molecule has 0 spiro atoms. The summed E-state index contributed by atoms with van der Waals surface area (Å²) in [5, 5.41) is 4.18. The van der Waals surface area contributed by atoms with Gasteiger partial charge in [-0.25, -0.2) is 14.2 Å². The molecule has 6 nitrogen and oxygen atoms in total. The molecule has 4 heterocycles. The zero-order valence-electron chi connectivity index (χ0n) is 17.0. The highest BCUT2D eigenvalue weighted by Crippen LogP contribution is 2.47. The molecule has 30 heavy (non-hydrogen) atoms. The molecule has 5 rings (SSSR count). The number of aromatic nitrogens is 2. The first-order valence-corrected chi connectivity index (χ1v) is 10.2. The third-order valence-corrected chi connectivity index (χ3v) is 5.92. The lowest BCUT2D eigenvalue weighted by atomic mass is 9.94. The number of nitrogens with zero attached hydrogens (tertiary/aromatic N) is 2. The number of hydrogen-bond donors (Lipinski definition) is 2. The minimum absolute atomic E-state index is 0.287. The number of likely N-dealkylation sites (N-methyl/N-ethyl adjacent to an activating group) is 1. The molecule has 0 saturated heterocycles. The number of aromatic amines is 1. The van der Waals surface area contributed by atoms with Crippen molar-refractivity contribution in [2.45, 2.75) is 19.4 Å². The topological polar surface area (TPSA) is 70.2 Å². The van der Waals surface area contributed by atoms with Crippen molar-refractivity contribution < 1.29 is 13.9 Å². The summed E-state index contributed by atoms with van der Waals surface area (Å²) in [5.74, 6) is -0.649. The maximum atomic E-state index is 14.2. The van der Waals surface area contributed by atoms with Gasteiger partial charge in [-0.1, -0.05) is 6.08 Å². The van der Waals surface area contributed by atoms with Gasteiger partial charge < -0.3 is 19.9 Å². The fraction of sp³-hybridized carbons (Fsp3) is 0.304. The van der Waals surface area contributed by atoms with E-state index in [0.29, 0.717) is 5.65 Å². The van der Waals surface area contributed by atoms with Crippen molar-refractivity contribution in [3.8, 4) is 11.1 Å². The van der Waals surface area contributed by atoms with E-state index in [1.165, 1.54) is 12.1 Å². The fourth-order valence-corrected chi connectivity index (χ4v) is 4.60. The number of nitrogens with one attached hydrogen (secondary N) is 2. The SMILES string of the molecule is CCOC(=O)C1c2c(C3=CCNCC3)[nH]c3nccc(c23)-c2cc(F)ccc2N1C. The van der Waals surface area contributed by atoms with Gasteiger partial charge >= 0.3 is 5.97 Å². The van der Waals surface area contributed by atoms with Crippen molar-refractivity contribution in [3.63, 3.8) is 0 Å². The van der Waals surface area contributed by atoms with Gasteiger partial charge in [0.05, 0.1) is 6.61 Å². The maximum Gasteiger partial charge on any atom is 0.333 e. The number of esters is 1. The third kappa shape index (κ3) is 2.81. The van der Waals surface area contributed by atoms with E-state index in [2.05, 4.69) is 21.4 Å². The molecule has 0 aliphatic carbocycles. The highest BCUT2D eigenvalue weighted by molar-refractivity contribution is 6.06. The van der Waals surface area contributed by atoms with Crippen LogP contribution in [0.15, 0.2) is 36.5 Å². The molecule has 154 valence electrons. The average molecular weight is 406 g/mol. The number of ether oxygens (including phenoxy) is 1. The molecule has 0 radical (unpaired) electrons. The minimum atomic E-state index is -0.667. The van der Waals surface area contributed by atoms with Gasteiger partial charge in [0.15, 0.2) is 6.04 Å². The van der Waals surface area contributed by atoms with Gasteiger partial charge in [0.25, 0.3) is 0 Å². The van der Waals surface area contributed by atoms with Gasteiger partial charge in [0, 0.05) is 47.7 Å². The van der Waals surface area contributed by atoms with Gasteiger partial charge in [0.2, 0.25) is 0 Å². The lowest BCUT2D eigenvalue weighted by molar-refractivity contribution is -0.144. The maximum absolute atomic E-state index is 14.2. The third-order valence-electron chi connectivity index (χ3n) is 5.92. The number of pyridine rings is 1. The molecule has 2 aliphatic heterocycles. The fourth-order valence-electron chi connectivity index (χ4n) is 4.60. The first-order chi connectivity index (χ1) is 14.6. The molecular weight excluding hydrogens is 383 g/mol. The lowest BCUT2D eigenvalue weighted by Crippen LogP contribution is -2.32. The Labute approximate surface area is 173 Å². The van der Waals surface area contributed by atoms with Gasteiger partial charge in [-0.05, 0) is 55.3 Å². The van der Waals surface area contributed by atoms with Gasteiger partial charge in [-0.3, -0.25) is 0 Å². The summed E-state index contributed by atoms with van der Waals surface area (Å²) in [5.41, 5.74) is 5.97. The first-order valence-electron chi connectivity index (χ1n) is 10.2. The van der Waals surface area contributed by atoms with Crippen LogP contribution < -0.4 is 10.2 Å². The van der Waals surface area contributed by atoms with Crippen LogP contribution in [-0.4, -0.2) is 42.7 Å². The molecule has 0 saturated carbocycles. The van der Waals surface area contributed by atoms with Crippen molar-refractivity contribution >= 4 is 28.3 Å². The molecule has 1 atom stereocenters. The van der Waals surface area contributed by atoms with Gasteiger partial charge in [0.1, 0.15) is 11.5 Å². The predicted octanol–water partition coefficient (Wildman–Crippen LogP) is 3.80. The summed E-state index contributed by atoms with van der Waals surface area (Å²) >= 11 is 0. The highest BCUT2D eigenvalue weighted by Gasteiger charge is 2.37. The van der Waals surface area contributed by atoms with Crippen molar-refractivity contribution in [2.75, 3.05) is 31.6 Å². The largest absolute Gasteiger partial charge is 0.464 e. The molecule has 3 aromatic rings. The average Bonchev–Trinajstić information content (AvgIpc) is 3.09. The number of carbonyl (C=O) groups excluding carboxylic acids is 1. The molecule has 2 aliphatic rings. The van der Waals surface area contributed by atoms with Gasteiger partial charge in [-0.15, -0.1) is 0 Å². The van der Waals surface area contributed by atoms with Crippen molar-refractivity contribution in [3.05, 3.63) is 53.6 Å². The number of halogens is 1. The summed E-state index contributed by atoms with van der Waals surface area (Å²) < 4.78 is 19.7. The van der Waals surface area contributed by atoms with E-state index in [9.17, 15) is 9.18 Å². The normalized spacial score (nSPS) is 18.0. The van der Waals surface area contributed by atoms with E-state index in [0.717, 1.165) is 58.5 Å². The Morgan fingerprint density at radius 2 is 2.20 bits per heavy atom. The number of benzene rings is 1. The molecule has 2 aromatic heterocycles. The van der Waals surface area contributed by atoms with E-state index >= 15 is 0 Å². The Morgan fingerprint density at radius 3 is 2.97 bits per heavy atom. The summed E-state index contributed by atoms with van der Waals surface area (Å²) in [7, 11) is 1.86. The van der Waals surface area contributed by atoms with E-state index < -0.39 is 6.04 Å². The second kappa shape index (κ2) is 7.25. The Hall–Kier alpha value is -3.19. The molecule has 7 heteroatoms. The number of anilines is 1. The Kier molecular flexibility index (Phi) is 4.55. The lowest BCUT2D eigenvalue weighted by Gasteiger charge is -2.29. The monoisotopic (exact) mass is 406 g/mol. The standard InChI is InChI=1S/C23H23FN4O2/c1-3-30-23(29)21-19-18-15(16-12-14(24)4-5-17(16)28(21)2)8-11-26-22(18)27-20(19)13-6-9-25-10-7-13/h4-6,8,11-12,21,25H,3,7,9-10H2,1-2H3,(H,26,27). The van der Waals surface area contributed by atoms with Crippen molar-refractivity contribution in [1.82, 2.24) is 15.3 Å². The molecule has 1 unspecified atom stereocenters. The van der Waals surface area contributed by atoms with Crippen LogP contribution in [-0.2, 0) is 9.53 Å². The smallest absolute Gasteiger partial charge is 0.333 e. The Morgan fingerprint density at radius 1 is 1.33 bits per heavy atom. The Balaban J connectivity index is 1.87. The molecule has 2 N–H and O–H groups in total. The van der Waals surface area contributed by atoms with Crippen LogP contribution in [0, 0.1) is 5.82 Å². The molecule has 0 bridgehead atoms. The summed E-state index contributed by atoms with van der Waals surface area (Å²) in [6.07, 6.45) is 4.71. The molecule has 0 fully saturated rings. The van der Waals surface area contributed by atoms with Crippen LogP contribution in [0.1, 0.15) is 30.6 Å². The Bertz CT molecular complexity index is 1180. The summed E-state index contributed by atoms with van der Waals surface area (Å²) in [6.45, 7) is 3.73. The zero-order chi connectivity index (χ0) is 20.8. The van der Waals surface area contributed by atoms with Crippen LogP contribution in [0.25, 0.3) is 27.7 Å². The van der Waals surface area contributed by atoms with Crippen molar-refractivity contribution in [2.24, 2.45) is 0 Å². The van der Waals surface area contributed by atoms with Crippen LogP contribution in [0.4, 0.5) is 10.1 Å². The molecule has 1 aromatic carbocycles. The summed E-state index contributed by atoms with van der Waals surface area (Å²) in [4.78, 5) is 23.1. The number of H-pyrrole nitrogens is 1. The molecule has 0 amide bonds. The quantitative estimate of drug-likeness (QED) is 0.648. The van der Waals surface area contributed by atoms with Crippen LogP contribution in [0.3, 0.4) is 0 Å². The van der Waals surface area contributed by atoms with E-state index in [1.807, 2.05) is 18.0 Å². The number of hydrogen-bond acceptors (Lipinski definition) is 5. The van der Waals surface area contributed by atoms with E-state index in [4.69, 9.17) is 4.74 Å². The molecular formula is C23H23FN4O2. The second-order valence-electron chi connectivity index (χ2n) is 7.61. The predicted molar refractivity (Wildman–Crippen MR) is 115 cm³/mol. The number of carbonyl (C=O) groups is 1. The number of fused-ring (bicyclic) bond motifs is 2. The summed E-state index contributed by atoms with van der Waals surface area (Å²) in [6, 6.07) is 5.89. The zero-order valence-corrected chi connectivity index (χ0v) is 17.0.